The fourth-order valence-corrected chi connectivity index (χ4v) is 2.12. The lowest BCUT2D eigenvalue weighted by Crippen LogP contribution is -2.30. The monoisotopic (exact) mass is 215 g/mol. The van der Waals surface area contributed by atoms with Crippen LogP contribution in [0.15, 0.2) is 18.2 Å². The minimum atomic E-state index is -1.43. The zero-order valence-electron chi connectivity index (χ0n) is 9.16. The van der Waals surface area contributed by atoms with Crippen molar-refractivity contribution in [2.75, 3.05) is 0 Å². The van der Waals surface area contributed by atoms with E-state index in [1.807, 2.05) is 18.2 Å². The lowest BCUT2D eigenvalue weighted by Gasteiger charge is -2.17. The van der Waals surface area contributed by atoms with Crippen LogP contribution in [0, 0.1) is 11.3 Å². The summed E-state index contributed by atoms with van der Waals surface area (Å²) in [6, 6.07) is 7.48. The molecule has 0 aliphatic heterocycles. The van der Waals surface area contributed by atoms with Gasteiger partial charge in [-0.3, -0.25) is 4.79 Å². The minimum absolute atomic E-state index is 0.586. The Morgan fingerprint density at radius 1 is 1.44 bits per heavy atom. The van der Waals surface area contributed by atoms with E-state index in [1.165, 1.54) is 18.1 Å². The number of aryl methyl sites for hydroxylation is 2. The molecule has 1 atom stereocenters. The topological polar surface area (TPSA) is 61.1 Å². The van der Waals surface area contributed by atoms with Crippen LogP contribution in [0.2, 0.25) is 0 Å². The maximum atomic E-state index is 11.1. The summed E-state index contributed by atoms with van der Waals surface area (Å²) in [5.41, 5.74) is 1.63. The van der Waals surface area contributed by atoms with Crippen molar-refractivity contribution < 1.29 is 9.90 Å². The van der Waals surface area contributed by atoms with E-state index in [4.69, 9.17) is 10.4 Å². The number of hydrogen-bond donors (Lipinski definition) is 1. The molecule has 1 aliphatic carbocycles. The van der Waals surface area contributed by atoms with E-state index in [0.29, 0.717) is 5.56 Å². The first-order chi connectivity index (χ1) is 7.58. The van der Waals surface area contributed by atoms with E-state index >= 15 is 0 Å². The Morgan fingerprint density at radius 2 is 2.12 bits per heavy atom. The van der Waals surface area contributed by atoms with E-state index < -0.39 is 11.4 Å². The first-order valence-electron chi connectivity index (χ1n) is 5.35. The highest BCUT2D eigenvalue weighted by Crippen LogP contribution is 2.29. The van der Waals surface area contributed by atoms with Crippen LogP contribution in [0.4, 0.5) is 0 Å². The van der Waals surface area contributed by atoms with Crippen molar-refractivity contribution in [2.24, 2.45) is 0 Å². The molecule has 82 valence electrons. The molecule has 0 amide bonds. The number of nitrogens with zero attached hydrogens (tertiary/aromatic N) is 1. The van der Waals surface area contributed by atoms with Gasteiger partial charge >= 0.3 is 5.97 Å². The minimum Gasteiger partial charge on any atom is -0.480 e. The normalized spacial score (nSPS) is 17.2. The first kappa shape index (κ1) is 10.7. The summed E-state index contributed by atoms with van der Waals surface area (Å²) < 4.78 is 0. The second-order valence-electron chi connectivity index (χ2n) is 4.38. The molecular formula is C13H13NO2. The number of carbonyl (C=O) groups is 1. The number of aliphatic carboxylic acids is 1. The standard InChI is InChI=1S/C13H13NO2/c1-13(8-14,12(15)16)11-6-5-9-3-2-4-10(9)7-11/h5-7H,2-4H2,1H3,(H,15,16). The molecule has 0 heterocycles. The van der Waals surface area contributed by atoms with Gasteiger partial charge in [0.25, 0.3) is 0 Å². The van der Waals surface area contributed by atoms with E-state index in [1.54, 1.807) is 6.07 Å². The fraction of sp³-hybridized carbons (Fsp3) is 0.385. The summed E-state index contributed by atoms with van der Waals surface area (Å²) in [5, 5.41) is 18.1. The molecular weight excluding hydrogens is 202 g/mol. The van der Waals surface area contributed by atoms with Crippen molar-refractivity contribution in [1.29, 1.82) is 5.26 Å². The molecule has 0 bridgehead atoms. The van der Waals surface area contributed by atoms with Crippen LogP contribution in [0.25, 0.3) is 0 Å². The molecule has 0 spiro atoms. The second-order valence-corrected chi connectivity index (χ2v) is 4.38. The van der Waals surface area contributed by atoms with Gasteiger partial charge in [0, 0.05) is 0 Å². The summed E-state index contributed by atoms with van der Waals surface area (Å²) in [6.45, 7) is 1.45. The third kappa shape index (κ3) is 1.47. The highest BCUT2D eigenvalue weighted by atomic mass is 16.4. The Labute approximate surface area is 94.3 Å². The third-order valence-corrected chi connectivity index (χ3v) is 3.33. The van der Waals surface area contributed by atoms with Crippen molar-refractivity contribution in [3.63, 3.8) is 0 Å². The van der Waals surface area contributed by atoms with Gasteiger partial charge in [0.1, 0.15) is 0 Å². The third-order valence-electron chi connectivity index (χ3n) is 3.33. The molecule has 0 aromatic heterocycles. The number of rotatable bonds is 2. The summed E-state index contributed by atoms with van der Waals surface area (Å²) in [7, 11) is 0. The van der Waals surface area contributed by atoms with Gasteiger partial charge in [-0.1, -0.05) is 18.2 Å². The average molecular weight is 215 g/mol. The highest BCUT2D eigenvalue weighted by molar-refractivity contribution is 5.84. The Kier molecular flexibility index (Phi) is 2.43. The number of carboxylic acids is 1. The largest absolute Gasteiger partial charge is 0.480 e. The number of nitriles is 1. The van der Waals surface area contributed by atoms with Crippen molar-refractivity contribution in [3.05, 3.63) is 34.9 Å². The van der Waals surface area contributed by atoms with Crippen molar-refractivity contribution in [2.45, 2.75) is 31.6 Å². The fourth-order valence-electron chi connectivity index (χ4n) is 2.12. The van der Waals surface area contributed by atoms with Crippen LogP contribution in [-0.4, -0.2) is 11.1 Å². The van der Waals surface area contributed by atoms with Gasteiger partial charge in [-0.15, -0.1) is 0 Å². The van der Waals surface area contributed by atoms with Crippen LogP contribution in [0.5, 0.6) is 0 Å². The molecule has 0 fully saturated rings. The zero-order chi connectivity index (χ0) is 11.8. The molecule has 1 unspecified atom stereocenters. The number of fused-ring (bicyclic) bond motifs is 1. The number of carboxylic acid groups (broad SMARTS) is 1. The van der Waals surface area contributed by atoms with E-state index in [0.717, 1.165) is 19.3 Å². The Bertz CT molecular complexity index is 487. The van der Waals surface area contributed by atoms with E-state index in [-0.39, 0.29) is 0 Å². The lowest BCUT2D eigenvalue weighted by atomic mass is 9.83. The molecule has 16 heavy (non-hydrogen) atoms. The zero-order valence-corrected chi connectivity index (χ0v) is 9.16. The van der Waals surface area contributed by atoms with Gasteiger partial charge in [-0.25, -0.2) is 0 Å². The van der Waals surface area contributed by atoms with E-state index in [2.05, 4.69) is 0 Å². The van der Waals surface area contributed by atoms with E-state index in [9.17, 15) is 4.79 Å². The van der Waals surface area contributed by atoms with Gasteiger partial charge in [-0.2, -0.15) is 5.26 Å². The molecule has 1 aromatic rings. The molecule has 1 N–H and O–H groups in total. The quantitative estimate of drug-likeness (QED) is 0.821. The molecule has 1 aliphatic rings. The molecule has 0 saturated heterocycles. The molecule has 1 aromatic carbocycles. The van der Waals surface area contributed by atoms with Gasteiger partial charge in [-0.05, 0) is 42.9 Å². The summed E-state index contributed by atoms with van der Waals surface area (Å²) >= 11 is 0. The highest BCUT2D eigenvalue weighted by Gasteiger charge is 2.36. The lowest BCUT2D eigenvalue weighted by molar-refractivity contribution is -0.141. The van der Waals surface area contributed by atoms with Crippen LogP contribution in [0.1, 0.15) is 30.0 Å². The summed E-state index contributed by atoms with van der Waals surface area (Å²) in [4.78, 5) is 11.1. The van der Waals surface area contributed by atoms with Crippen molar-refractivity contribution in [1.82, 2.24) is 0 Å². The van der Waals surface area contributed by atoms with Crippen LogP contribution in [0.3, 0.4) is 0 Å². The average Bonchev–Trinajstić information content (AvgIpc) is 2.74. The van der Waals surface area contributed by atoms with Gasteiger partial charge in [0.2, 0.25) is 0 Å². The van der Waals surface area contributed by atoms with Crippen LogP contribution in [-0.2, 0) is 23.1 Å². The molecule has 0 radical (unpaired) electrons. The predicted molar refractivity (Wildman–Crippen MR) is 59.1 cm³/mol. The smallest absolute Gasteiger partial charge is 0.328 e. The first-order valence-corrected chi connectivity index (χ1v) is 5.35. The van der Waals surface area contributed by atoms with Gasteiger partial charge < -0.3 is 5.11 Å². The second kappa shape index (κ2) is 3.64. The van der Waals surface area contributed by atoms with Gasteiger partial charge in [0.05, 0.1) is 6.07 Å². The number of benzene rings is 1. The Morgan fingerprint density at radius 3 is 2.75 bits per heavy atom. The Balaban J connectivity index is 2.49. The Hall–Kier alpha value is -1.82. The van der Waals surface area contributed by atoms with Crippen molar-refractivity contribution >= 4 is 5.97 Å². The van der Waals surface area contributed by atoms with Gasteiger partial charge in [0.15, 0.2) is 5.41 Å². The SMILES string of the molecule is CC(C#N)(C(=O)O)c1ccc2c(c1)CCC2. The van der Waals surface area contributed by atoms with Crippen molar-refractivity contribution in [3.8, 4) is 6.07 Å². The van der Waals surface area contributed by atoms with Crippen LogP contribution >= 0.6 is 0 Å². The predicted octanol–water partition coefficient (Wildman–Crippen LogP) is 2.04. The molecule has 0 saturated carbocycles. The summed E-state index contributed by atoms with van der Waals surface area (Å²) in [5.74, 6) is -1.09. The van der Waals surface area contributed by atoms with Crippen LogP contribution < -0.4 is 0 Å². The molecule has 3 heteroatoms. The molecule has 2 rings (SSSR count). The number of hydrogen-bond acceptors (Lipinski definition) is 2. The maximum absolute atomic E-state index is 11.1. The summed E-state index contributed by atoms with van der Waals surface area (Å²) in [6.07, 6.45) is 3.17. The maximum Gasteiger partial charge on any atom is 0.328 e. The molecule has 3 nitrogen and oxygen atoms in total.